The Bertz CT molecular complexity index is 1390. The molecule has 4 aromatic rings. The van der Waals surface area contributed by atoms with Gasteiger partial charge in [0.1, 0.15) is 23.4 Å². The largest absolute Gasteiger partial charge is 0.460 e. The molecule has 0 bridgehead atoms. The molecule has 212 valence electrons. The second kappa shape index (κ2) is 13.1. The van der Waals surface area contributed by atoms with Gasteiger partial charge in [0.25, 0.3) is 5.24 Å². The fourth-order valence-corrected chi connectivity index (χ4v) is 5.13. The molecule has 0 amide bonds. The zero-order chi connectivity index (χ0) is 29.5. The Labute approximate surface area is 249 Å². The number of nitrogens with zero attached hydrogens (tertiary/aromatic N) is 2. The van der Waals surface area contributed by atoms with E-state index in [1.165, 1.54) is 11.3 Å². The van der Waals surface area contributed by atoms with Gasteiger partial charge in [0, 0.05) is 5.38 Å². The summed E-state index contributed by atoms with van der Waals surface area (Å²) in [5.41, 5.74) is 1.72. The van der Waals surface area contributed by atoms with Crippen LogP contribution in [0, 0.1) is 5.92 Å². The second-order valence-corrected chi connectivity index (χ2v) is 11.7. The number of oxime groups is 1. The van der Waals surface area contributed by atoms with Crippen LogP contribution in [0.3, 0.4) is 0 Å². The molecule has 0 radical (unpaired) electrons. The van der Waals surface area contributed by atoms with Crippen LogP contribution in [0.2, 0.25) is 0 Å². The number of thiazole rings is 1. The van der Waals surface area contributed by atoms with Crippen molar-refractivity contribution in [3.05, 3.63) is 119 Å². The van der Waals surface area contributed by atoms with Crippen LogP contribution in [0.1, 0.15) is 50.1 Å². The Morgan fingerprint density at radius 3 is 1.83 bits per heavy atom. The smallest absolute Gasteiger partial charge is 0.312 e. The van der Waals surface area contributed by atoms with E-state index in [4.69, 9.17) is 21.2 Å². The Morgan fingerprint density at radius 1 is 0.902 bits per heavy atom. The predicted molar refractivity (Wildman–Crippen MR) is 163 cm³/mol. The number of carbonyl (C=O) groups is 2. The van der Waals surface area contributed by atoms with Crippen molar-refractivity contribution in [1.82, 2.24) is 4.98 Å². The maximum Gasteiger partial charge on any atom is 0.312 e. The first kappa shape index (κ1) is 30.0. The molecule has 0 aliphatic rings. The number of benzene rings is 3. The van der Waals surface area contributed by atoms with Gasteiger partial charge < -0.3 is 14.9 Å². The quantitative estimate of drug-likeness (QED) is 0.0665. The highest BCUT2D eigenvalue weighted by molar-refractivity contribution is 7.14. The van der Waals surface area contributed by atoms with Crippen molar-refractivity contribution in [3.63, 3.8) is 0 Å². The standard InChI is InChI=1S/C32H32ClN3O4S/c1-22(29(38)40-31(2,3)4)20-39-36-27(28(33)37)26-21-41-30(34-26)35-32(23-14-8-5-9-15-23,24-16-10-6-11-17-24)25-18-12-7-13-19-25/h5-19,21-22H,20H2,1-4H3,(H,34,35). The molecule has 0 saturated carbocycles. The zero-order valence-electron chi connectivity index (χ0n) is 23.3. The monoisotopic (exact) mass is 589 g/mol. The van der Waals surface area contributed by atoms with Gasteiger partial charge in [0.15, 0.2) is 10.8 Å². The van der Waals surface area contributed by atoms with Gasteiger partial charge in [-0.1, -0.05) is 96.2 Å². The highest BCUT2D eigenvalue weighted by Gasteiger charge is 2.37. The molecule has 0 saturated heterocycles. The van der Waals surface area contributed by atoms with Crippen LogP contribution < -0.4 is 5.32 Å². The van der Waals surface area contributed by atoms with E-state index < -0.39 is 28.3 Å². The van der Waals surface area contributed by atoms with E-state index >= 15 is 0 Å². The van der Waals surface area contributed by atoms with Crippen LogP contribution >= 0.6 is 22.9 Å². The van der Waals surface area contributed by atoms with Crippen LogP contribution in [-0.4, -0.2) is 34.1 Å². The molecule has 1 aromatic heterocycles. The molecule has 3 aromatic carbocycles. The molecule has 1 unspecified atom stereocenters. The van der Waals surface area contributed by atoms with Crippen molar-refractivity contribution in [2.45, 2.75) is 38.8 Å². The number of hydrogen-bond donors (Lipinski definition) is 1. The molecule has 0 aliphatic carbocycles. The van der Waals surface area contributed by atoms with Crippen LogP contribution in [0.4, 0.5) is 5.13 Å². The third-order valence-corrected chi connectivity index (χ3v) is 7.07. The molecule has 1 atom stereocenters. The summed E-state index contributed by atoms with van der Waals surface area (Å²) in [4.78, 5) is 34.6. The molecule has 41 heavy (non-hydrogen) atoms. The number of rotatable bonds is 11. The Hall–Kier alpha value is -4.01. The van der Waals surface area contributed by atoms with E-state index in [9.17, 15) is 9.59 Å². The number of halogens is 1. The number of carbonyl (C=O) groups excluding carboxylic acids is 2. The van der Waals surface area contributed by atoms with Gasteiger partial charge in [-0.2, -0.15) is 0 Å². The normalized spacial score (nSPS) is 12.9. The van der Waals surface area contributed by atoms with E-state index in [1.807, 2.05) is 54.6 Å². The number of anilines is 1. The lowest BCUT2D eigenvalue weighted by Crippen LogP contribution is -2.38. The van der Waals surface area contributed by atoms with Crippen molar-refractivity contribution in [3.8, 4) is 0 Å². The van der Waals surface area contributed by atoms with Gasteiger partial charge in [-0.05, 0) is 56.0 Å². The summed E-state index contributed by atoms with van der Waals surface area (Å²) in [6, 6.07) is 30.3. The molecular weight excluding hydrogens is 558 g/mol. The Morgan fingerprint density at radius 2 is 1.39 bits per heavy atom. The minimum Gasteiger partial charge on any atom is -0.460 e. The lowest BCUT2D eigenvalue weighted by molar-refractivity contribution is -0.161. The van der Waals surface area contributed by atoms with Gasteiger partial charge in [0.2, 0.25) is 0 Å². The molecule has 0 spiro atoms. The SMILES string of the molecule is CC(CON=C(C(=O)Cl)c1csc(NC(c2ccccc2)(c2ccccc2)c2ccccc2)n1)C(=O)OC(C)(C)C. The first-order valence-electron chi connectivity index (χ1n) is 13.1. The molecule has 1 N–H and O–H groups in total. The van der Waals surface area contributed by atoms with Gasteiger partial charge in [0.05, 0.1) is 5.92 Å². The van der Waals surface area contributed by atoms with Crippen LogP contribution in [0.5, 0.6) is 0 Å². The number of ether oxygens (including phenoxy) is 1. The lowest BCUT2D eigenvalue weighted by atomic mass is 9.77. The van der Waals surface area contributed by atoms with E-state index in [1.54, 1.807) is 33.1 Å². The fraction of sp³-hybridized carbons (Fsp3) is 0.250. The van der Waals surface area contributed by atoms with Crippen molar-refractivity contribution in [1.29, 1.82) is 0 Å². The summed E-state index contributed by atoms with van der Waals surface area (Å²) in [6.07, 6.45) is 0. The average Bonchev–Trinajstić information content (AvgIpc) is 3.42. The molecular formula is C32H32ClN3O4S. The number of nitrogens with one attached hydrogen (secondary N) is 1. The molecule has 1 heterocycles. The van der Waals surface area contributed by atoms with Gasteiger partial charge in [-0.25, -0.2) is 4.98 Å². The third kappa shape index (κ3) is 7.39. The zero-order valence-corrected chi connectivity index (χ0v) is 24.9. The number of esters is 1. The summed E-state index contributed by atoms with van der Waals surface area (Å²) in [6.45, 7) is 6.94. The first-order chi connectivity index (χ1) is 19.6. The first-order valence-corrected chi connectivity index (χ1v) is 14.4. The van der Waals surface area contributed by atoms with Crippen molar-refractivity contribution in [2.75, 3.05) is 11.9 Å². The summed E-state index contributed by atoms with van der Waals surface area (Å²) < 4.78 is 5.37. The highest BCUT2D eigenvalue weighted by atomic mass is 35.5. The third-order valence-electron chi connectivity index (χ3n) is 6.14. The Kier molecular flexibility index (Phi) is 9.57. The van der Waals surface area contributed by atoms with Crippen molar-refractivity contribution in [2.24, 2.45) is 11.1 Å². The fourth-order valence-electron chi connectivity index (χ4n) is 4.25. The van der Waals surface area contributed by atoms with E-state index in [2.05, 4.69) is 51.9 Å². The average molecular weight is 590 g/mol. The summed E-state index contributed by atoms with van der Waals surface area (Å²) >= 11 is 7.19. The van der Waals surface area contributed by atoms with Gasteiger partial charge in [-0.3, -0.25) is 9.59 Å². The summed E-state index contributed by atoms with van der Waals surface area (Å²) in [5, 5.41) is 9.01. The lowest BCUT2D eigenvalue weighted by Gasteiger charge is -2.36. The van der Waals surface area contributed by atoms with E-state index in [0.29, 0.717) is 5.13 Å². The van der Waals surface area contributed by atoms with Crippen molar-refractivity contribution >= 4 is 45.0 Å². The molecule has 4 rings (SSSR count). The topological polar surface area (TPSA) is 89.9 Å². The van der Waals surface area contributed by atoms with Crippen molar-refractivity contribution < 1.29 is 19.2 Å². The molecule has 7 nitrogen and oxygen atoms in total. The predicted octanol–water partition coefficient (Wildman–Crippen LogP) is 7.01. The number of hydrogen-bond acceptors (Lipinski definition) is 8. The van der Waals surface area contributed by atoms with Crippen LogP contribution in [-0.2, 0) is 24.7 Å². The number of aromatic nitrogens is 1. The molecule has 0 aliphatic heterocycles. The van der Waals surface area contributed by atoms with Crippen LogP contribution in [0.15, 0.2) is 102 Å². The summed E-state index contributed by atoms with van der Waals surface area (Å²) in [5.74, 6) is -1.02. The van der Waals surface area contributed by atoms with E-state index in [-0.39, 0.29) is 18.0 Å². The van der Waals surface area contributed by atoms with E-state index in [0.717, 1.165) is 16.7 Å². The Balaban J connectivity index is 1.66. The van der Waals surface area contributed by atoms with Gasteiger partial charge in [-0.15, -0.1) is 11.3 Å². The maximum absolute atomic E-state index is 12.3. The highest BCUT2D eigenvalue weighted by Crippen LogP contribution is 2.40. The van der Waals surface area contributed by atoms with Gasteiger partial charge >= 0.3 is 5.97 Å². The second-order valence-electron chi connectivity index (χ2n) is 10.5. The molecule has 0 fully saturated rings. The van der Waals surface area contributed by atoms with Crippen LogP contribution in [0.25, 0.3) is 0 Å². The minimum absolute atomic E-state index is 0.0864. The maximum atomic E-state index is 12.3. The minimum atomic E-state index is -0.827. The summed E-state index contributed by atoms with van der Waals surface area (Å²) in [7, 11) is 0. The molecule has 9 heteroatoms.